The van der Waals surface area contributed by atoms with Crippen LogP contribution in [0.15, 0.2) is 24.3 Å². The van der Waals surface area contributed by atoms with Crippen molar-refractivity contribution in [1.82, 2.24) is 0 Å². The largest absolute Gasteiger partial charge is 0.420 e. The van der Waals surface area contributed by atoms with Crippen molar-refractivity contribution in [3.63, 3.8) is 0 Å². The quantitative estimate of drug-likeness (QED) is 0.566. The fourth-order valence-electron chi connectivity index (χ4n) is 1.74. The maximum absolute atomic E-state index is 11.2. The minimum absolute atomic E-state index is 0.0540. The normalized spacial score (nSPS) is 17.3. The van der Waals surface area contributed by atoms with E-state index in [1.165, 1.54) is 5.56 Å². The van der Waals surface area contributed by atoms with E-state index in [2.05, 4.69) is 20.8 Å². The van der Waals surface area contributed by atoms with Gasteiger partial charge < -0.3 is 9.47 Å². The molecule has 1 aromatic carbocycles. The zero-order valence-corrected chi connectivity index (χ0v) is 10.7. The second-order valence-electron chi connectivity index (χ2n) is 5.36. The molecule has 0 amide bonds. The van der Waals surface area contributed by atoms with Gasteiger partial charge in [0, 0.05) is 5.56 Å². The van der Waals surface area contributed by atoms with Gasteiger partial charge in [-0.25, -0.2) is 0 Å². The first kappa shape index (κ1) is 12.6. The summed E-state index contributed by atoms with van der Waals surface area (Å²) in [4.78, 5) is 22.3. The Hall–Kier alpha value is -1.84. The van der Waals surface area contributed by atoms with Crippen LogP contribution in [0.3, 0.4) is 0 Å². The molecule has 1 aliphatic heterocycles. The molecule has 4 heteroatoms. The average molecular weight is 248 g/mol. The van der Waals surface area contributed by atoms with Gasteiger partial charge in [-0.05, 0) is 11.0 Å². The summed E-state index contributed by atoms with van der Waals surface area (Å²) in [5.74, 6) is -1.09. The van der Waals surface area contributed by atoms with E-state index in [9.17, 15) is 9.59 Å². The topological polar surface area (TPSA) is 52.6 Å². The average Bonchev–Trinajstić information content (AvgIpc) is 2.27. The molecule has 0 unspecified atom stereocenters. The van der Waals surface area contributed by atoms with E-state index in [0.717, 1.165) is 0 Å². The lowest BCUT2D eigenvalue weighted by Crippen LogP contribution is -2.26. The monoisotopic (exact) mass is 248 g/mol. The van der Waals surface area contributed by atoms with Crippen LogP contribution in [0, 0.1) is 0 Å². The maximum atomic E-state index is 11.2. The Balaban J connectivity index is 2.19. The number of esters is 2. The van der Waals surface area contributed by atoms with Crippen LogP contribution < -0.4 is 0 Å². The molecule has 0 radical (unpaired) electrons. The summed E-state index contributed by atoms with van der Waals surface area (Å²) < 4.78 is 9.97. The molecule has 4 nitrogen and oxygen atoms in total. The highest BCUT2D eigenvalue weighted by atomic mass is 16.7. The number of hydrogen-bond donors (Lipinski definition) is 0. The van der Waals surface area contributed by atoms with Gasteiger partial charge in [0.1, 0.15) is 6.42 Å². The standard InChI is InChI=1S/C14H16O4/c1-14(2,3)10-6-4-9(5-7-10)13-17-11(15)8-12(16)18-13/h4-7,13H,8H2,1-3H3. The maximum Gasteiger partial charge on any atom is 0.320 e. The molecule has 0 spiro atoms. The molecule has 18 heavy (non-hydrogen) atoms. The van der Waals surface area contributed by atoms with Crippen LogP contribution in [-0.2, 0) is 24.5 Å². The van der Waals surface area contributed by atoms with E-state index in [1.807, 2.05) is 24.3 Å². The van der Waals surface area contributed by atoms with E-state index in [0.29, 0.717) is 5.56 Å². The van der Waals surface area contributed by atoms with Crippen LogP contribution in [0.2, 0.25) is 0 Å². The number of benzene rings is 1. The van der Waals surface area contributed by atoms with Crippen LogP contribution in [0.5, 0.6) is 0 Å². The van der Waals surface area contributed by atoms with Crippen molar-refractivity contribution in [3.05, 3.63) is 35.4 Å². The van der Waals surface area contributed by atoms with E-state index >= 15 is 0 Å². The predicted molar refractivity (Wildman–Crippen MR) is 64.7 cm³/mol. The van der Waals surface area contributed by atoms with Gasteiger partial charge >= 0.3 is 11.9 Å². The number of hydrogen-bond acceptors (Lipinski definition) is 4. The Kier molecular flexibility index (Phi) is 3.11. The Labute approximate surface area is 106 Å². The molecular formula is C14H16O4. The van der Waals surface area contributed by atoms with Gasteiger partial charge in [0.15, 0.2) is 0 Å². The van der Waals surface area contributed by atoms with Gasteiger partial charge in [-0.2, -0.15) is 0 Å². The molecule has 0 N–H and O–H groups in total. The molecule has 0 atom stereocenters. The van der Waals surface area contributed by atoms with Gasteiger partial charge in [0.05, 0.1) is 0 Å². The van der Waals surface area contributed by atoms with Crippen LogP contribution in [0.1, 0.15) is 44.6 Å². The van der Waals surface area contributed by atoms with Gasteiger partial charge in [-0.15, -0.1) is 0 Å². The molecule has 1 aromatic rings. The fourth-order valence-corrected chi connectivity index (χ4v) is 1.74. The van der Waals surface area contributed by atoms with Crippen molar-refractivity contribution < 1.29 is 19.1 Å². The van der Waals surface area contributed by atoms with E-state index < -0.39 is 18.2 Å². The molecule has 1 heterocycles. The molecule has 1 fully saturated rings. The number of rotatable bonds is 1. The van der Waals surface area contributed by atoms with Crippen molar-refractivity contribution in [2.45, 2.75) is 38.9 Å². The van der Waals surface area contributed by atoms with Gasteiger partial charge in [0.25, 0.3) is 6.29 Å². The van der Waals surface area contributed by atoms with Crippen LogP contribution in [-0.4, -0.2) is 11.9 Å². The molecule has 0 bridgehead atoms. The highest BCUT2D eigenvalue weighted by Crippen LogP contribution is 2.27. The molecule has 1 saturated heterocycles. The smallest absolute Gasteiger partial charge is 0.320 e. The Bertz CT molecular complexity index is 452. The molecule has 1 aliphatic rings. The minimum atomic E-state index is -0.909. The van der Waals surface area contributed by atoms with E-state index in [-0.39, 0.29) is 11.8 Å². The SMILES string of the molecule is CC(C)(C)c1ccc(C2OC(=O)CC(=O)O2)cc1. The summed E-state index contributed by atoms with van der Waals surface area (Å²) in [6, 6.07) is 7.53. The second kappa shape index (κ2) is 4.44. The Morgan fingerprint density at radius 1 is 1.00 bits per heavy atom. The van der Waals surface area contributed by atoms with Crippen LogP contribution >= 0.6 is 0 Å². The first-order valence-corrected chi connectivity index (χ1v) is 5.86. The third-order valence-corrected chi connectivity index (χ3v) is 2.81. The Morgan fingerprint density at radius 2 is 1.50 bits per heavy atom. The number of cyclic esters (lactones) is 2. The molecule has 0 aliphatic carbocycles. The van der Waals surface area contributed by atoms with Gasteiger partial charge in [0.2, 0.25) is 0 Å². The summed E-state index contributed by atoms with van der Waals surface area (Å²) in [6.45, 7) is 6.34. The zero-order valence-electron chi connectivity index (χ0n) is 10.7. The molecule has 0 saturated carbocycles. The van der Waals surface area contributed by atoms with Gasteiger partial charge in [-0.3, -0.25) is 9.59 Å². The lowest BCUT2D eigenvalue weighted by molar-refractivity contribution is -0.204. The van der Waals surface area contributed by atoms with E-state index in [4.69, 9.17) is 9.47 Å². The van der Waals surface area contributed by atoms with Crippen molar-refractivity contribution >= 4 is 11.9 Å². The molecule has 0 aromatic heterocycles. The van der Waals surface area contributed by atoms with Crippen molar-refractivity contribution in [2.24, 2.45) is 0 Å². The highest BCUT2D eigenvalue weighted by molar-refractivity contribution is 5.92. The second-order valence-corrected chi connectivity index (χ2v) is 5.36. The van der Waals surface area contributed by atoms with E-state index in [1.54, 1.807) is 0 Å². The number of carbonyl (C=O) groups is 2. The highest BCUT2D eigenvalue weighted by Gasteiger charge is 2.29. The minimum Gasteiger partial charge on any atom is -0.420 e. The predicted octanol–water partition coefficient (Wildman–Crippen LogP) is 2.47. The molecule has 96 valence electrons. The number of carbonyl (C=O) groups excluding carboxylic acids is 2. The third-order valence-electron chi connectivity index (χ3n) is 2.81. The zero-order chi connectivity index (χ0) is 13.3. The van der Waals surface area contributed by atoms with Gasteiger partial charge in [-0.1, -0.05) is 45.0 Å². The molecule has 2 rings (SSSR count). The first-order valence-electron chi connectivity index (χ1n) is 5.86. The first-order chi connectivity index (χ1) is 8.36. The van der Waals surface area contributed by atoms with Crippen molar-refractivity contribution in [3.8, 4) is 0 Å². The van der Waals surface area contributed by atoms with Crippen LogP contribution in [0.4, 0.5) is 0 Å². The Morgan fingerprint density at radius 3 is 1.94 bits per heavy atom. The molecular weight excluding hydrogens is 232 g/mol. The summed E-state index contributed by atoms with van der Waals surface area (Å²) in [5, 5.41) is 0. The summed E-state index contributed by atoms with van der Waals surface area (Å²) in [5.41, 5.74) is 1.89. The fraction of sp³-hybridized carbons (Fsp3) is 0.429. The lowest BCUT2D eigenvalue weighted by atomic mass is 9.87. The van der Waals surface area contributed by atoms with Crippen molar-refractivity contribution in [1.29, 1.82) is 0 Å². The summed E-state index contributed by atoms with van der Waals surface area (Å²) in [7, 11) is 0. The van der Waals surface area contributed by atoms with Crippen LogP contribution in [0.25, 0.3) is 0 Å². The third kappa shape index (κ3) is 2.70. The number of ether oxygens (including phenoxy) is 2. The van der Waals surface area contributed by atoms with Crippen molar-refractivity contribution in [2.75, 3.05) is 0 Å². The summed E-state index contributed by atoms with van der Waals surface area (Å²) >= 11 is 0. The summed E-state index contributed by atoms with van der Waals surface area (Å²) in [6.07, 6.45) is -1.22. The lowest BCUT2D eigenvalue weighted by Gasteiger charge is -2.24.